The zero-order chi connectivity index (χ0) is 15.5. The van der Waals surface area contributed by atoms with E-state index in [2.05, 4.69) is 23.8 Å². The number of rotatable bonds is 4. The normalized spacial score (nSPS) is 13.5. The molecule has 3 nitrogen and oxygen atoms in total. The molecule has 0 saturated heterocycles. The average molecular weight is 333 g/mol. The van der Waals surface area contributed by atoms with Crippen LogP contribution in [0.3, 0.4) is 0 Å². The summed E-state index contributed by atoms with van der Waals surface area (Å²) in [5.41, 5.74) is 1.96. The molecule has 1 unspecified atom stereocenters. The minimum Gasteiger partial charge on any atom is -0.463 e. The van der Waals surface area contributed by atoms with Crippen LogP contribution >= 0.6 is 22.9 Å². The van der Waals surface area contributed by atoms with Crippen molar-refractivity contribution in [3.05, 3.63) is 57.9 Å². The molecule has 22 heavy (non-hydrogen) atoms. The summed E-state index contributed by atoms with van der Waals surface area (Å²) >= 11 is 7.55. The number of halogens is 1. The maximum Gasteiger partial charge on any atom is 0.190 e. The summed E-state index contributed by atoms with van der Waals surface area (Å²) in [6.07, 6.45) is 2.72. The van der Waals surface area contributed by atoms with Gasteiger partial charge in [0.2, 0.25) is 0 Å². The molecular weight excluding hydrogens is 316 g/mol. The zero-order valence-electron chi connectivity index (χ0n) is 12.5. The van der Waals surface area contributed by atoms with Crippen molar-refractivity contribution in [3.8, 4) is 11.5 Å². The van der Waals surface area contributed by atoms with E-state index in [-0.39, 0.29) is 0 Å². The topological polar surface area (TPSA) is 30.4 Å². The lowest BCUT2D eigenvalue weighted by atomic mass is 10.2. The predicted molar refractivity (Wildman–Crippen MR) is 91.7 cm³/mol. The van der Waals surface area contributed by atoms with Gasteiger partial charge in [0.1, 0.15) is 0 Å². The Balaban J connectivity index is 2.13. The van der Waals surface area contributed by atoms with Crippen LogP contribution in [-0.4, -0.2) is 4.57 Å². The van der Waals surface area contributed by atoms with Gasteiger partial charge >= 0.3 is 0 Å². The van der Waals surface area contributed by atoms with Gasteiger partial charge in [0.25, 0.3) is 0 Å². The van der Waals surface area contributed by atoms with Crippen molar-refractivity contribution in [2.45, 2.75) is 26.3 Å². The van der Waals surface area contributed by atoms with E-state index in [1.165, 1.54) is 0 Å². The monoisotopic (exact) mass is 332 g/mol. The molecule has 1 aromatic carbocycles. The maximum atomic E-state index is 5.93. The molecule has 3 rings (SSSR count). The van der Waals surface area contributed by atoms with Crippen LogP contribution in [0.2, 0.25) is 5.02 Å². The molecule has 0 spiro atoms. The van der Waals surface area contributed by atoms with Crippen LogP contribution in [0, 0.1) is 0 Å². The highest BCUT2D eigenvalue weighted by Crippen LogP contribution is 2.25. The molecule has 114 valence electrons. The molecule has 2 heterocycles. The summed E-state index contributed by atoms with van der Waals surface area (Å²) in [6, 6.07) is 11.8. The number of furan rings is 1. The van der Waals surface area contributed by atoms with Gasteiger partial charge in [0.05, 0.1) is 17.6 Å². The number of nitrogens with zero attached hydrogens (tertiary/aromatic N) is 2. The molecule has 0 aliphatic carbocycles. The average Bonchev–Trinajstić information content (AvgIpc) is 3.18. The fourth-order valence-electron chi connectivity index (χ4n) is 2.24. The molecule has 0 saturated carbocycles. The van der Waals surface area contributed by atoms with Gasteiger partial charge in [0.15, 0.2) is 10.6 Å². The Kier molecular flexibility index (Phi) is 4.50. The highest BCUT2D eigenvalue weighted by atomic mass is 35.5. The number of aromatic nitrogens is 1. The van der Waals surface area contributed by atoms with Crippen molar-refractivity contribution in [3.63, 3.8) is 0 Å². The van der Waals surface area contributed by atoms with Gasteiger partial charge in [0, 0.05) is 16.4 Å². The quantitative estimate of drug-likeness (QED) is 0.605. The molecule has 0 aliphatic rings. The van der Waals surface area contributed by atoms with Crippen molar-refractivity contribution in [1.29, 1.82) is 0 Å². The van der Waals surface area contributed by atoms with Crippen LogP contribution < -0.4 is 4.80 Å². The minimum absolute atomic E-state index is 0.345. The van der Waals surface area contributed by atoms with Gasteiger partial charge in [-0.1, -0.05) is 18.5 Å². The van der Waals surface area contributed by atoms with Gasteiger partial charge in [-0.15, -0.1) is 11.3 Å². The molecular formula is C17H17ClN2OS. The van der Waals surface area contributed by atoms with Crippen LogP contribution in [0.15, 0.2) is 57.5 Å². The van der Waals surface area contributed by atoms with Crippen LogP contribution in [0.1, 0.15) is 26.3 Å². The summed E-state index contributed by atoms with van der Waals surface area (Å²) in [6.45, 7) is 4.37. The van der Waals surface area contributed by atoms with Gasteiger partial charge in [-0.25, -0.2) is 4.99 Å². The fraction of sp³-hybridized carbons (Fsp3) is 0.235. The Morgan fingerprint density at radius 3 is 2.68 bits per heavy atom. The van der Waals surface area contributed by atoms with E-state index >= 15 is 0 Å². The lowest BCUT2D eigenvalue weighted by Gasteiger charge is -2.14. The molecule has 2 aromatic heterocycles. The van der Waals surface area contributed by atoms with Crippen molar-refractivity contribution in [1.82, 2.24) is 4.57 Å². The highest BCUT2D eigenvalue weighted by Gasteiger charge is 2.14. The summed E-state index contributed by atoms with van der Waals surface area (Å²) < 4.78 is 7.80. The van der Waals surface area contributed by atoms with Crippen molar-refractivity contribution in [2.24, 2.45) is 4.99 Å². The van der Waals surface area contributed by atoms with E-state index in [1.54, 1.807) is 17.6 Å². The zero-order valence-corrected chi connectivity index (χ0v) is 14.1. The van der Waals surface area contributed by atoms with E-state index < -0.39 is 0 Å². The van der Waals surface area contributed by atoms with E-state index in [9.17, 15) is 0 Å². The third-order valence-corrected chi connectivity index (χ3v) is 4.69. The van der Waals surface area contributed by atoms with Crippen LogP contribution in [0.5, 0.6) is 0 Å². The van der Waals surface area contributed by atoms with Gasteiger partial charge in [-0.2, -0.15) is 0 Å². The first-order chi connectivity index (χ1) is 10.7. The first-order valence-electron chi connectivity index (χ1n) is 7.23. The molecule has 3 aromatic rings. The summed E-state index contributed by atoms with van der Waals surface area (Å²) in [5, 5.41) is 2.82. The second-order valence-corrected chi connectivity index (χ2v) is 6.37. The summed E-state index contributed by atoms with van der Waals surface area (Å²) in [4.78, 5) is 5.72. The Morgan fingerprint density at radius 2 is 2.05 bits per heavy atom. The first-order valence-corrected chi connectivity index (χ1v) is 8.49. The smallest absolute Gasteiger partial charge is 0.190 e. The van der Waals surface area contributed by atoms with Gasteiger partial charge < -0.3 is 8.98 Å². The van der Waals surface area contributed by atoms with E-state index in [4.69, 9.17) is 21.0 Å². The Hall–Kier alpha value is -1.78. The first kappa shape index (κ1) is 15.1. The lowest BCUT2D eigenvalue weighted by molar-refractivity contribution is 0.509. The third-order valence-electron chi connectivity index (χ3n) is 3.60. The van der Waals surface area contributed by atoms with Gasteiger partial charge in [-0.05, 0) is 49.7 Å². The molecule has 0 bridgehead atoms. The SMILES string of the molecule is CCC(C)n1c(-c2ccco2)csc1=Nc1ccc(Cl)cc1. The second-order valence-electron chi connectivity index (χ2n) is 5.10. The van der Waals surface area contributed by atoms with Crippen LogP contribution in [0.4, 0.5) is 5.69 Å². The number of benzene rings is 1. The van der Waals surface area contributed by atoms with Crippen molar-refractivity contribution in [2.75, 3.05) is 0 Å². The predicted octanol–water partition coefficient (Wildman–Crippen LogP) is 5.67. The Bertz CT molecular complexity index is 800. The molecule has 0 aliphatic heterocycles. The number of thiazole rings is 1. The lowest BCUT2D eigenvalue weighted by Crippen LogP contribution is -2.19. The standard InChI is InChI=1S/C17H17ClN2OS/c1-3-12(2)20-15(16-5-4-10-21-16)11-22-17(20)19-14-8-6-13(18)7-9-14/h4-12H,3H2,1-2H3. The number of hydrogen-bond donors (Lipinski definition) is 0. The van der Waals surface area contributed by atoms with E-state index in [1.807, 2.05) is 36.4 Å². The van der Waals surface area contributed by atoms with E-state index in [0.717, 1.165) is 33.4 Å². The minimum atomic E-state index is 0.345. The molecule has 5 heteroatoms. The Labute approximate surface area is 138 Å². The second kappa shape index (κ2) is 6.55. The van der Waals surface area contributed by atoms with Crippen molar-refractivity contribution >= 4 is 28.6 Å². The molecule has 0 N–H and O–H groups in total. The van der Waals surface area contributed by atoms with Crippen molar-refractivity contribution < 1.29 is 4.42 Å². The van der Waals surface area contributed by atoms with Crippen LogP contribution in [-0.2, 0) is 0 Å². The third kappa shape index (κ3) is 3.03. The Morgan fingerprint density at radius 1 is 1.27 bits per heavy atom. The fourth-order valence-corrected chi connectivity index (χ4v) is 3.36. The van der Waals surface area contributed by atoms with E-state index in [0.29, 0.717) is 6.04 Å². The summed E-state index contributed by atoms with van der Waals surface area (Å²) in [7, 11) is 0. The molecule has 0 amide bonds. The summed E-state index contributed by atoms with van der Waals surface area (Å²) in [5.74, 6) is 0.870. The molecule has 0 fully saturated rings. The highest BCUT2D eigenvalue weighted by molar-refractivity contribution is 7.07. The molecule has 1 atom stereocenters. The van der Waals surface area contributed by atoms with Gasteiger partial charge in [-0.3, -0.25) is 0 Å². The largest absolute Gasteiger partial charge is 0.463 e. The number of hydrogen-bond acceptors (Lipinski definition) is 3. The molecule has 0 radical (unpaired) electrons. The van der Waals surface area contributed by atoms with Crippen LogP contribution in [0.25, 0.3) is 11.5 Å². The maximum absolute atomic E-state index is 5.93.